The van der Waals surface area contributed by atoms with Gasteiger partial charge in [-0.15, -0.1) is 10.2 Å². The summed E-state index contributed by atoms with van der Waals surface area (Å²) in [6.45, 7) is 3.25. The number of amides is 2. The summed E-state index contributed by atoms with van der Waals surface area (Å²) in [6.07, 6.45) is 3.33. The maximum Gasteiger partial charge on any atom is 0.237 e. The Balaban J connectivity index is 1.36. The Morgan fingerprint density at radius 3 is 2.89 bits per heavy atom. The maximum atomic E-state index is 12.5. The number of hydrogen-bond acceptors (Lipinski definition) is 5. The predicted octanol–water partition coefficient (Wildman–Crippen LogP) is 0.621. The van der Waals surface area contributed by atoms with Crippen LogP contribution in [0.3, 0.4) is 0 Å². The molecule has 1 saturated heterocycles. The number of aromatic nitrogens is 3. The fourth-order valence-electron chi connectivity index (χ4n) is 3.92. The topological polar surface area (TPSA) is 92.2 Å². The lowest BCUT2D eigenvalue weighted by atomic mass is 10.1. The van der Waals surface area contributed by atoms with E-state index in [1.54, 1.807) is 0 Å². The van der Waals surface area contributed by atoms with Gasteiger partial charge in [0.05, 0.1) is 19.0 Å². The van der Waals surface area contributed by atoms with Gasteiger partial charge in [-0.3, -0.25) is 14.5 Å². The number of piperazine rings is 1. The van der Waals surface area contributed by atoms with Crippen molar-refractivity contribution in [1.82, 2.24) is 30.3 Å². The normalized spacial score (nSPS) is 19.7. The highest BCUT2D eigenvalue weighted by Crippen LogP contribution is 2.15. The highest BCUT2D eigenvalue weighted by molar-refractivity contribution is 5.88. The maximum absolute atomic E-state index is 12.5. The summed E-state index contributed by atoms with van der Waals surface area (Å²) < 4.78 is 2.10. The second-order valence-corrected chi connectivity index (χ2v) is 7.38. The smallest absolute Gasteiger partial charge is 0.237 e. The molecule has 2 aromatic rings. The third-order valence-corrected chi connectivity index (χ3v) is 5.43. The van der Waals surface area contributed by atoms with Gasteiger partial charge in [0, 0.05) is 32.6 Å². The van der Waals surface area contributed by atoms with Crippen LogP contribution in [-0.2, 0) is 35.6 Å². The van der Waals surface area contributed by atoms with E-state index >= 15 is 0 Å². The van der Waals surface area contributed by atoms with Crippen molar-refractivity contribution in [1.29, 1.82) is 0 Å². The van der Waals surface area contributed by atoms with Crippen LogP contribution >= 0.6 is 0 Å². The number of hydrogen-bond donors (Lipinski definition) is 2. The summed E-state index contributed by atoms with van der Waals surface area (Å²) in [5, 5.41) is 14.2. The van der Waals surface area contributed by atoms with E-state index in [2.05, 4.69) is 30.3 Å². The van der Waals surface area contributed by atoms with Crippen molar-refractivity contribution in [3.8, 4) is 0 Å². The molecule has 1 unspecified atom stereocenters. The number of nitrogens with zero attached hydrogens (tertiary/aromatic N) is 4. The summed E-state index contributed by atoms with van der Waals surface area (Å²) in [5.41, 5.74) is 1.14. The molecular formula is C20H26N6O2. The lowest BCUT2D eigenvalue weighted by molar-refractivity contribution is -0.134. The average molecular weight is 382 g/mol. The van der Waals surface area contributed by atoms with Gasteiger partial charge in [-0.05, 0) is 18.4 Å². The third kappa shape index (κ3) is 4.22. The molecule has 3 heterocycles. The third-order valence-electron chi connectivity index (χ3n) is 5.43. The second kappa shape index (κ2) is 8.52. The predicted molar refractivity (Wildman–Crippen MR) is 103 cm³/mol. The molecule has 2 aliphatic rings. The first kappa shape index (κ1) is 18.6. The average Bonchev–Trinajstić information content (AvgIpc) is 3.13. The quantitative estimate of drug-likeness (QED) is 0.764. The van der Waals surface area contributed by atoms with Crippen molar-refractivity contribution in [2.24, 2.45) is 0 Å². The van der Waals surface area contributed by atoms with Crippen LogP contribution < -0.4 is 10.6 Å². The van der Waals surface area contributed by atoms with E-state index < -0.39 is 6.04 Å². The van der Waals surface area contributed by atoms with Gasteiger partial charge in [0.25, 0.3) is 0 Å². The highest BCUT2D eigenvalue weighted by Gasteiger charge is 2.31. The summed E-state index contributed by atoms with van der Waals surface area (Å²) in [4.78, 5) is 27.0. The van der Waals surface area contributed by atoms with Gasteiger partial charge < -0.3 is 15.2 Å². The first-order valence-electron chi connectivity index (χ1n) is 9.94. The molecule has 0 bridgehead atoms. The molecule has 0 aliphatic carbocycles. The van der Waals surface area contributed by atoms with E-state index in [-0.39, 0.29) is 18.2 Å². The van der Waals surface area contributed by atoms with Crippen molar-refractivity contribution < 1.29 is 9.59 Å². The van der Waals surface area contributed by atoms with Gasteiger partial charge >= 0.3 is 0 Å². The van der Waals surface area contributed by atoms with Crippen LogP contribution in [0.25, 0.3) is 0 Å². The molecule has 0 spiro atoms. The van der Waals surface area contributed by atoms with E-state index in [1.165, 1.54) is 0 Å². The number of rotatable bonds is 6. The minimum Gasteiger partial charge on any atom is -0.353 e. The molecule has 8 nitrogen and oxygen atoms in total. The Morgan fingerprint density at radius 1 is 1.18 bits per heavy atom. The number of carbonyl (C=O) groups excluding carboxylic acids is 2. The van der Waals surface area contributed by atoms with E-state index in [0.717, 1.165) is 49.6 Å². The molecule has 28 heavy (non-hydrogen) atoms. The van der Waals surface area contributed by atoms with E-state index in [4.69, 9.17) is 0 Å². The van der Waals surface area contributed by atoms with Gasteiger partial charge in [0.2, 0.25) is 11.8 Å². The number of aryl methyl sites for hydroxylation is 1. The van der Waals surface area contributed by atoms with Crippen molar-refractivity contribution in [2.45, 2.75) is 51.4 Å². The Labute approximate surface area is 164 Å². The number of nitrogens with one attached hydrogen (secondary N) is 2. The molecule has 1 atom stereocenters. The standard InChI is InChI=1S/C20H26N6O2/c27-19(22-13-18-24-23-17-8-4-5-10-26(17)18)12-16-20(28)21-9-11-25(16)14-15-6-2-1-3-7-15/h1-3,6-7,16H,4-5,8-14H2,(H,21,28)(H,22,27). The molecule has 148 valence electrons. The molecule has 1 aromatic carbocycles. The fourth-order valence-corrected chi connectivity index (χ4v) is 3.92. The van der Waals surface area contributed by atoms with E-state index in [0.29, 0.717) is 19.6 Å². The Bertz CT molecular complexity index is 834. The lowest BCUT2D eigenvalue weighted by Crippen LogP contribution is -2.56. The van der Waals surface area contributed by atoms with Crippen molar-refractivity contribution in [3.63, 3.8) is 0 Å². The van der Waals surface area contributed by atoms with Gasteiger partial charge in [-0.25, -0.2) is 0 Å². The highest BCUT2D eigenvalue weighted by atomic mass is 16.2. The van der Waals surface area contributed by atoms with Crippen LogP contribution in [0.2, 0.25) is 0 Å². The van der Waals surface area contributed by atoms with Crippen molar-refractivity contribution in [2.75, 3.05) is 13.1 Å². The molecule has 2 amide bonds. The largest absolute Gasteiger partial charge is 0.353 e. The van der Waals surface area contributed by atoms with Gasteiger partial charge in [0.1, 0.15) is 5.82 Å². The monoisotopic (exact) mass is 382 g/mol. The molecule has 1 aromatic heterocycles. The Morgan fingerprint density at radius 2 is 2.04 bits per heavy atom. The molecular weight excluding hydrogens is 356 g/mol. The molecule has 1 fully saturated rings. The summed E-state index contributed by atoms with van der Waals surface area (Å²) >= 11 is 0. The van der Waals surface area contributed by atoms with Crippen LogP contribution in [0.4, 0.5) is 0 Å². The summed E-state index contributed by atoms with van der Waals surface area (Å²) in [7, 11) is 0. The van der Waals surface area contributed by atoms with Crippen LogP contribution in [0.5, 0.6) is 0 Å². The molecule has 4 rings (SSSR count). The minimum atomic E-state index is -0.457. The number of carbonyl (C=O) groups is 2. The van der Waals surface area contributed by atoms with Gasteiger partial charge in [0.15, 0.2) is 5.82 Å². The molecule has 2 N–H and O–H groups in total. The lowest BCUT2D eigenvalue weighted by Gasteiger charge is -2.34. The molecule has 8 heteroatoms. The summed E-state index contributed by atoms with van der Waals surface area (Å²) in [5.74, 6) is 1.55. The van der Waals surface area contributed by atoms with Crippen molar-refractivity contribution in [3.05, 3.63) is 47.5 Å². The number of benzene rings is 1. The van der Waals surface area contributed by atoms with Crippen LogP contribution in [0, 0.1) is 0 Å². The van der Waals surface area contributed by atoms with Crippen molar-refractivity contribution >= 4 is 11.8 Å². The Hall–Kier alpha value is -2.74. The van der Waals surface area contributed by atoms with Crippen LogP contribution in [0.1, 0.15) is 36.5 Å². The van der Waals surface area contributed by atoms with E-state index in [1.807, 2.05) is 30.3 Å². The van der Waals surface area contributed by atoms with Gasteiger partial charge in [-0.2, -0.15) is 0 Å². The Kier molecular flexibility index (Phi) is 5.66. The fraction of sp³-hybridized carbons (Fsp3) is 0.500. The molecule has 0 radical (unpaired) electrons. The van der Waals surface area contributed by atoms with Gasteiger partial charge in [-0.1, -0.05) is 30.3 Å². The zero-order valence-electron chi connectivity index (χ0n) is 15.9. The zero-order valence-corrected chi connectivity index (χ0v) is 15.9. The first-order valence-corrected chi connectivity index (χ1v) is 9.94. The van der Waals surface area contributed by atoms with Crippen LogP contribution in [0.15, 0.2) is 30.3 Å². The second-order valence-electron chi connectivity index (χ2n) is 7.38. The zero-order chi connectivity index (χ0) is 19.3. The van der Waals surface area contributed by atoms with E-state index in [9.17, 15) is 9.59 Å². The molecule has 2 aliphatic heterocycles. The molecule has 0 saturated carbocycles. The first-order chi connectivity index (χ1) is 13.7. The minimum absolute atomic E-state index is 0.0859. The van der Waals surface area contributed by atoms with Crippen LogP contribution in [-0.4, -0.2) is 50.6 Å². The summed E-state index contributed by atoms with van der Waals surface area (Å²) in [6, 6.07) is 9.57. The SMILES string of the molecule is O=C(CC1C(=O)NCCN1Cc1ccccc1)NCc1nnc2n1CCCC2. The number of fused-ring (bicyclic) bond motifs is 1.